The first-order valence-corrected chi connectivity index (χ1v) is 4.46. The van der Waals surface area contributed by atoms with Crippen molar-refractivity contribution < 1.29 is 0 Å². The largest absolute Gasteiger partial charge is 0.0958 e. The molecular weight excluding hydrogens is 144 g/mol. The van der Waals surface area contributed by atoms with Gasteiger partial charge in [0.15, 0.2) is 0 Å². The molecule has 12 heavy (non-hydrogen) atoms. The minimum atomic E-state index is 1.13. The summed E-state index contributed by atoms with van der Waals surface area (Å²) in [5.41, 5.74) is 4.76. The Balaban J connectivity index is 0. The molecular formula is C12H22. The van der Waals surface area contributed by atoms with Gasteiger partial charge in [0.05, 0.1) is 0 Å². The van der Waals surface area contributed by atoms with Gasteiger partial charge in [-0.05, 0) is 38.8 Å². The van der Waals surface area contributed by atoms with Crippen molar-refractivity contribution in [2.75, 3.05) is 0 Å². The highest BCUT2D eigenvalue weighted by molar-refractivity contribution is 5.38. The SMILES string of the molecule is C=C(C)/C(C)=C(/C)C(=C)C.CC. The van der Waals surface area contributed by atoms with Crippen LogP contribution in [0.3, 0.4) is 0 Å². The lowest BCUT2D eigenvalue weighted by atomic mass is 10.0. The lowest BCUT2D eigenvalue weighted by Gasteiger charge is -2.05. The van der Waals surface area contributed by atoms with Crippen LogP contribution in [0.25, 0.3) is 0 Å². The van der Waals surface area contributed by atoms with Gasteiger partial charge in [-0.1, -0.05) is 38.2 Å². The first-order chi connectivity index (χ1) is 5.46. The maximum Gasteiger partial charge on any atom is -0.0393 e. The minimum Gasteiger partial charge on any atom is -0.0958 e. The van der Waals surface area contributed by atoms with Crippen LogP contribution in [0.5, 0.6) is 0 Å². The van der Waals surface area contributed by atoms with Crippen molar-refractivity contribution in [3.8, 4) is 0 Å². The lowest BCUT2D eigenvalue weighted by Crippen LogP contribution is -1.85. The van der Waals surface area contributed by atoms with Gasteiger partial charge in [0.25, 0.3) is 0 Å². The first kappa shape index (κ1) is 13.8. The van der Waals surface area contributed by atoms with Crippen molar-refractivity contribution in [1.82, 2.24) is 0 Å². The fourth-order valence-electron chi connectivity index (χ4n) is 0.640. The molecule has 0 heteroatoms. The molecule has 0 heterocycles. The first-order valence-electron chi connectivity index (χ1n) is 4.46. The Bertz CT molecular complexity index is 170. The third kappa shape index (κ3) is 4.95. The summed E-state index contributed by atoms with van der Waals surface area (Å²) in [6.07, 6.45) is 0. The Kier molecular flexibility index (Phi) is 7.93. The summed E-state index contributed by atoms with van der Waals surface area (Å²) in [5, 5.41) is 0. The van der Waals surface area contributed by atoms with Crippen LogP contribution in [-0.2, 0) is 0 Å². The predicted molar refractivity (Wildman–Crippen MR) is 59.4 cm³/mol. The molecule has 0 rings (SSSR count). The zero-order chi connectivity index (χ0) is 10.3. The van der Waals surface area contributed by atoms with Gasteiger partial charge in [-0.15, -0.1) is 0 Å². The molecule has 0 bridgehead atoms. The van der Waals surface area contributed by atoms with Gasteiger partial charge in [-0.3, -0.25) is 0 Å². The highest BCUT2D eigenvalue weighted by atomic mass is 14.0. The van der Waals surface area contributed by atoms with E-state index in [0.717, 1.165) is 11.1 Å². The van der Waals surface area contributed by atoms with Gasteiger partial charge in [-0.2, -0.15) is 0 Å². The van der Waals surface area contributed by atoms with E-state index in [-0.39, 0.29) is 0 Å². The van der Waals surface area contributed by atoms with Gasteiger partial charge in [0.1, 0.15) is 0 Å². The monoisotopic (exact) mass is 166 g/mol. The van der Waals surface area contributed by atoms with E-state index in [0.29, 0.717) is 0 Å². The molecule has 0 N–H and O–H groups in total. The van der Waals surface area contributed by atoms with Crippen molar-refractivity contribution in [2.45, 2.75) is 41.5 Å². The van der Waals surface area contributed by atoms with E-state index in [2.05, 4.69) is 27.0 Å². The van der Waals surface area contributed by atoms with Crippen molar-refractivity contribution in [2.24, 2.45) is 0 Å². The minimum absolute atomic E-state index is 1.13. The molecule has 0 nitrogen and oxygen atoms in total. The van der Waals surface area contributed by atoms with E-state index >= 15 is 0 Å². The van der Waals surface area contributed by atoms with E-state index in [1.807, 2.05) is 27.7 Å². The molecule has 0 fully saturated rings. The summed E-state index contributed by atoms with van der Waals surface area (Å²) in [5.74, 6) is 0. The fourth-order valence-corrected chi connectivity index (χ4v) is 0.640. The molecule has 0 aromatic carbocycles. The standard InChI is InChI=1S/C10H16.C2H6/c1-7(2)9(5)10(6)8(3)4;1-2/h1,3H2,2,4-6H3;1-2H3/b10-9-;. The van der Waals surface area contributed by atoms with Crippen LogP contribution < -0.4 is 0 Å². The average molecular weight is 166 g/mol. The van der Waals surface area contributed by atoms with Crippen LogP contribution in [0, 0.1) is 0 Å². The molecule has 0 unspecified atom stereocenters. The molecule has 0 aliphatic heterocycles. The summed E-state index contributed by atoms with van der Waals surface area (Å²) in [6, 6.07) is 0. The van der Waals surface area contributed by atoms with Crippen LogP contribution in [0.15, 0.2) is 35.5 Å². The molecule has 0 saturated heterocycles. The Morgan fingerprint density at radius 1 is 0.667 bits per heavy atom. The van der Waals surface area contributed by atoms with E-state index in [1.54, 1.807) is 0 Å². The number of rotatable bonds is 2. The Morgan fingerprint density at radius 3 is 0.917 bits per heavy atom. The van der Waals surface area contributed by atoms with Crippen LogP contribution in [0.2, 0.25) is 0 Å². The molecule has 0 saturated carbocycles. The highest BCUT2D eigenvalue weighted by Crippen LogP contribution is 2.16. The molecule has 70 valence electrons. The molecule has 0 aromatic heterocycles. The second-order valence-electron chi connectivity index (χ2n) is 2.81. The van der Waals surface area contributed by atoms with Crippen molar-refractivity contribution >= 4 is 0 Å². The summed E-state index contributed by atoms with van der Waals surface area (Å²) in [4.78, 5) is 0. The van der Waals surface area contributed by atoms with E-state index in [1.165, 1.54) is 11.1 Å². The lowest BCUT2D eigenvalue weighted by molar-refractivity contribution is 1.23. The van der Waals surface area contributed by atoms with E-state index < -0.39 is 0 Å². The molecule has 0 radical (unpaired) electrons. The zero-order valence-corrected chi connectivity index (χ0v) is 9.41. The molecule has 0 aromatic rings. The number of hydrogen-bond donors (Lipinski definition) is 0. The Morgan fingerprint density at radius 2 is 0.833 bits per heavy atom. The second-order valence-corrected chi connectivity index (χ2v) is 2.81. The third-order valence-corrected chi connectivity index (χ3v) is 1.84. The molecule has 0 aliphatic rings. The van der Waals surface area contributed by atoms with Crippen molar-refractivity contribution in [3.63, 3.8) is 0 Å². The average Bonchev–Trinajstić information content (AvgIpc) is 2.05. The predicted octanol–water partition coefficient (Wildman–Crippen LogP) is 4.50. The maximum absolute atomic E-state index is 3.86. The normalized spacial score (nSPS) is 10.8. The van der Waals surface area contributed by atoms with Crippen molar-refractivity contribution in [3.05, 3.63) is 35.5 Å². The quantitative estimate of drug-likeness (QED) is 0.530. The molecule has 0 atom stereocenters. The van der Waals surface area contributed by atoms with Crippen LogP contribution >= 0.6 is 0 Å². The Hall–Kier alpha value is -0.780. The number of hydrogen-bond acceptors (Lipinski definition) is 0. The fraction of sp³-hybridized carbons (Fsp3) is 0.500. The molecule has 0 amide bonds. The maximum atomic E-state index is 3.86. The van der Waals surface area contributed by atoms with E-state index in [9.17, 15) is 0 Å². The van der Waals surface area contributed by atoms with Gasteiger partial charge >= 0.3 is 0 Å². The van der Waals surface area contributed by atoms with Gasteiger partial charge < -0.3 is 0 Å². The van der Waals surface area contributed by atoms with E-state index in [4.69, 9.17) is 0 Å². The van der Waals surface area contributed by atoms with Crippen LogP contribution in [0.1, 0.15) is 41.5 Å². The van der Waals surface area contributed by atoms with Crippen LogP contribution in [0.4, 0.5) is 0 Å². The topological polar surface area (TPSA) is 0 Å². The third-order valence-electron chi connectivity index (χ3n) is 1.84. The van der Waals surface area contributed by atoms with Gasteiger partial charge in [0, 0.05) is 0 Å². The van der Waals surface area contributed by atoms with Gasteiger partial charge in [0.2, 0.25) is 0 Å². The zero-order valence-electron chi connectivity index (χ0n) is 9.41. The second kappa shape index (κ2) is 6.90. The van der Waals surface area contributed by atoms with Crippen LogP contribution in [-0.4, -0.2) is 0 Å². The summed E-state index contributed by atoms with van der Waals surface area (Å²) in [7, 11) is 0. The van der Waals surface area contributed by atoms with Gasteiger partial charge in [-0.25, -0.2) is 0 Å². The highest BCUT2D eigenvalue weighted by Gasteiger charge is 1.96. The van der Waals surface area contributed by atoms with Crippen molar-refractivity contribution in [1.29, 1.82) is 0 Å². The Labute approximate surface area is 77.7 Å². The number of allylic oxidation sites excluding steroid dienone is 4. The summed E-state index contributed by atoms with van der Waals surface area (Å²) < 4.78 is 0. The molecule has 0 spiro atoms. The summed E-state index contributed by atoms with van der Waals surface area (Å²) in [6.45, 7) is 19.9. The smallest absolute Gasteiger partial charge is 0.0393 e. The molecule has 0 aliphatic carbocycles. The summed E-state index contributed by atoms with van der Waals surface area (Å²) >= 11 is 0.